The van der Waals surface area contributed by atoms with Gasteiger partial charge in [0.1, 0.15) is 11.4 Å². The third-order valence-electron chi connectivity index (χ3n) is 6.64. The molecular formula is C29H29F3N4. The Kier molecular flexibility index (Phi) is 5.32. The molecule has 3 heterocycles. The maximum Gasteiger partial charge on any atom is 0.432 e. The van der Waals surface area contributed by atoms with Crippen LogP contribution in [-0.2, 0) is 17.0 Å². The van der Waals surface area contributed by atoms with Crippen LogP contribution in [0.15, 0.2) is 60.8 Å². The van der Waals surface area contributed by atoms with Crippen LogP contribution >= 0.6 is 0 Å². The highest BCUT2D eigenvalue weighted by Crippen LogP contribution is 2.38. The fourth-order valence-electron chi connectivity index (χ4n) is 4.53. The molecule has 7 heteroatoms. The molecule has 0 bridgehead atoms. The van der Waals surface area contributed by atoms with Crippen LogP contribution in [0.2, 0.25) is 0 Å². The third kappa shape index (κ3) is 4.16. The van der Waals surface area contributed by atoms with Gasteiger partial charge in [0.05, 0.1) is 16.7 Å². The number of aromatic amines is 1. The molecule has 0 radical (unpaired) electrons. The van der Waals surface area contributed by atoms with Crippen LogP contribution in [0.4, 0.5) is 13.2 Å². The number of H-pyrrole nitrogens is 1. The molecule has 1 N–H and O–H groups in total. The molecule has 0 unspecified atom stereocenters. The van der Waals surface area contributed by atoms with Gasteiger partial charge in [0.15, 0.2) is 0 Å². The number of benzene rings is 2. The standard InChI is InChI=1S/C29H29F3N4/c1-27(2,3)17-7-9-24-20(13-17)21-14-18(28(4,5)6)8-10-25(21)36(24)19-11-12-33-22(15-19)23-16-26(35-34-23)29(30,31)32/h7-16H,1-6H3,(H,34,35). The van der Waals surface area contributed by atoms with E-state index in [0.717, 1.165) is 33.6 Å². The van der Waals surface area contributed by atoms with Gasteiger partial charge in [-0.2, -0.15) is 18.3 Å². The van der Waals surface area contributed by atoms with E-state index in [2.05, 4.69) is 97.7 Å². The van der Waals surface area contributed by atoms with Gasteiger partial charge in [-0.05, 0) is 64.4 Å². The smallest absolute Gasteiger partial charge is 0.309 e. The molecule has 5 aromatic rings. The monoisotopic (exact) mass is 490 g/mol. The minimum absolute atomic E-state index is 0.00969. The van der Waals surface area contributed by atoms with E-state index in [4.69, 9.17) is 0 Å². The Balaban J connectivity index is 1.75. The van der Waals surface area contributed by atoms with E-state index in [0.29, 0.717) is 5.69 Å². The first-order chi connectivity index (χ1) is 16.7. The van der Waals surface area contributed by atoms with Gasteiger partial charge in [0.25, 0.3) is 0 Å². The maximum atomic E-state index is 13.1. The molecule has 5 rings (SSSR count). The first-order valence-electron chi connectivity index (χ1n) is 11.9. The minimum atomic E-state index is -4.49. The van der Waals surface area contributed by atoms with Crippen molar-refractivity contribution in [3.63, 3.8) is 0 Å². The molecule has 0 aliphatic rings. The first-order valence-corrected chi connectivity index (χ1v) is 11.9. The van der Waals surface area contributed by atoms with Crippen LogP contribution < -0.4 is 0 Å². The second kappa shape index (κ2) is 7.95. The van der Waals surface area contributed by atoms with E-state index in [1.165, 1.54) is 11.1 Å². The van der Waals surface area contributed by atoms with Gasteiger partial charge in [-0.3, -0.25) is 10.1 Å². The number of aromatic nitrogens is 4. The van der Waals surface area contributed by atoms with Gasteiger partial charge >= 0.3 is 6.18 Å². The Bertz CT molecular complexity index is 1520. The summed E-state index contributed by atoms with van der Waals surface area (Å²) in [6.45, 7) is 13.2. The van der Waals surface area contributed by atoms with Crippen LogP contribution in [0.25, 0.3) is 38.9 Å². The normalized spacial score (nSPS) is 13.1. The summed E-state index contributed by atoms with van der Waals surface area (Å²) in [5, 5.41) is 8.22. The zero-order valence-corrected chi connectivity index (χ0v) is 21.2. The Labute approximate surface area is 208 Å². The lowest BCUT2D eigenvalue weighted by Gasteiger charge is -2.19. The highest BCUT2D eigenvalue weighted by atomic mass is 19.4. The summed E-state index contributed by atoms with van der Waals surface area (Å²) in [6.07, 6.45) is -2.89. The molecule has 0 atom stereocenters. The van der Waals surface area contributed by atoms with E-state index in [1.54, 1.807) is 12.3 Å². The van der Waals surface area contributed by atoms with E-state index in [1.807, 2.05) is 6.07 Å². The molecule has 186 valence electrons. The summed E-state index contributed by atoms with van der Waals surface area (Å²) in [5.41, 5.74) is 4.94. The number of nitrogens with zero attached hydrogens (tertiary/aromatic N) is 3. The topological polar surface area (TPSA) is 46.5 Å². The van der Waals surface area contributed by atoms with Crippen LogP contribution in [0, 0.1) is 0 Å². The molecule has 0 amide bonds. The SMILES string of the molecule is CC(C)(C)c1ccc2c(c1)c1cc(C(C)(C)C)ccc1n2-c1ccnc(-c2cc(C(F)(F)F)[nH]n2)c1. The summed E-state index contributed by atoms with van der Waals surface area (Å²) < 4.78 is 41.5. The van der Waals surface area contributed by atoms with Crippen molar-refractivity contribution in [1.82, 2.24) is 19.7 Å². The summed E-state index contributed by atoms with van der Waals surface area (Å²) in [4.78, 5) is 4.30. The summed E-state index contributed by atoms with van der Waals surface area (Å²) >= 11 is 0. The van der Waals surface area contributed by atoms with Crippen molar-refractivity contribution in [2.45, 2.75) is 58.5 Å². The Hall–Kier alpha value is -3.61. The fourth-order valence-corrected chi connectivity index (χ4v) is 4.53. The number of hydrogen-bond donors (Lipinski definition) is 1. The molecule has 3 aromatic heterocycles. The molecule has 0 fully saturated rings. The van der Waals surface area contributed by atoms with Crippen molar-refractivity contribution < 1.29 is 13.2 Å². The van der Waals surface area contributed by atoms with E-state index < -0.39 is 11.9 Å². The average molecular weight is 491 g/mol. The van der Waals surface area contributed by atoms with Crippen molar-refractivity contribution >= 4 is 21.8 Å². The number of nitrogens with one attached hydrogen (secondary N) is 1. The molecule has 0 spiro atoms. The van der Waals surface area contributed by atoms with E-state index in [9.17, 15) is 13.2 Å². The Morgan fingerprint density at radius 3 is 1.72 bits per heavy atom. The Morgan fingerprint density at radius 1 is 0.694 bits per heavy atom. The fraction of sp³-hybridized carbons (Fsp3) is 0.310. The minimum Gasteiger partial charge on any atom is -0.309 e. The predicted molar refractivity (Wildman–Crippen MR) is 139 cm³/mol. The van der Waals surface area contributed by atoms with Crippen LogP contribution in [0.3, 0.4) is 0 Å². The second-order valence-corrected chi connectivity index (χ2v) is 11.4. The molecule has 4 nitrogen and oxygen atoms in total. The van der Waals surface area contributed by atoms with Crippen LogP contribution in [-0.4, -0.2) is 19.7 Å². The first kappa shape index (κ1) is 24.1. The van der Waals surface area contributed by atoms with E-state index in [-0.39, 0.29) is 16.5 Å². The Morgan fingerprint density at radius 2 is 1.25 bits per heavy atom. The van der Waals surface area contributed by atoms with Crippen LogP contribution in [0.5, 0.6) is 0 Å². The summed E-state index contributed by atoms with van der Waals surface area (Å²) in [6, 6.07) is 17.7. The largest absolute Gasteiger partial charge is 0.432 e. The van der Waals surface area contributed by atoms with Crippen molar-refractivity contribution in [1.29, 1.82) is 0 Å². The van der Waals surface area contributed by atoms with Crippen LogP contribution in [0.1, 0.15) is 58.4 Å². The van der Waals surface area contributed by atoms with Crippen molar-refractivity contribution in [2.75, 3.05) is 0 Å². The quantitative estimate of drug-likeness (QED) is 0.271. The highest BCUT2D eigenvalue weighted by molar-refractivity contribution is 6.10. The molecule has 0 aliphatic carbocycles. The predicted octanol–water partition coefficient (Wildman–Crippen LogP) is 8.18. The van der Waals surface area contributed by atoms with Gasteiger partial charge < -0.3 is 4.57 Å². The third-order valence-corrected chi connectivity index (χ3v) is 6.64. The molecule has 0 aliphatic heterocycles. The number of halogens is 3. The number of fused-ring (bicyclic) bond motifs is 3. The zero-order valence-electron chi connectivity index (χ0n) is 21.2. The molecular weight excluding hydrogens is 461 g/mol. The summed E-state index contributed by atoms with van der Waals surface area (Å²) in [5.74, 6) is 0. The average Bonchev–Trinajstić information content (AvgIpc) is 3.41. The van der Waals surface area contributed by atoms with Crippen molar-refractivity contribution in [3.05, 3.63) is 77.6 Å². The number of pyridine rings is 1. The zero-order chi connectivity index (χ0) is 26.0. The summed E-state index contributed by atoms with van der Waals surface area (Å²) in [7, 11) is 0. The number of alkyl halides is 3. The number of rotatable bonds is 2. The van der Waals surface area contributed by atoms with Gasteiger partial charge in [0, 0.05) is 22.7 Å². The van der Waals surface area contributed by atoms with Crippen molar-refractivity contribution in [2.24, 2.45) is 0 Å². The molecule has 0 saturated heterocycles. The van der Waals surface area contributed by atoms with E-state index >= 15 is 0 Å². The van der Waals surface area contributed by atoms with Gasteiger partial charge in [-0.15, -0.1) is 0 Å². The highest BCUT2D eigenvalue weighted by Gasteiger charge is 2.33. The van der Waals surface area contributed by atoms with Gasteiger partial charge in [0.2, 0.25) is 0 Å². The lowest BCUT2D eigenvalue weighted by molar-refractivity contribution is -0.141. The number of hydrogen-bond acceptors (Lipinski definition) is 2. The lowest BCUT2D eigenvalue weighted by atomic mass is 9.85. The lowest BCUT2D eigenvalue weighted by Crippen LogP contribution is -2.10. The molecule has 36 heavy (non-hydrogen) atoms. The molecule has 0 saturated carbocycles. The van der Waals surface area contributed by atoms with Gasteiger partial charge in [-0.25, -0.2) is 0 Å². The van der Waals surface area contributed by atoms with Crippen molar-refractivity contribution in [3.8, 4) is 17.1 Å². The maximum absolute atomic E-state index is 13.1. The second-order valence-electron chi connectivity index (χ2n) is 11.4. The molecule has 2 aromatic carbocycles. The van der Waals surface area contributed by atoms with Gasteiger partial charge in [-0.1, -0.05) is 53.7 Å².